The Balaban J connectivity index is 2.56. The van der Waals surface area contributed by atoms with E-state index < -0.39 is 0 Å². The van der Waals surface area contributed by atoms with Crippen LogP contribution in [0.5, 0.6) is 11.5 Å². The third-order valence-electron chi connectivity index (χ3n) is 3.09. The van der Waals surface area contributed by atoms with Crippen LogP contribution in [-0.4, -0.2) is 44.1 Å². The summed E-state index contributed by atoms with van der Waals surface area (Å²) >= 11 is 6.35. The molecule has 3 N–H and O–H groups in total. The van der Waals surface area contributed by atoms with E-state index in [0.29, 0.717) is 30.5 Å². The van der Waals surface area contributed by atoms with Gasteiger partial charge in [-0.2, -0.15) is 0 Å². The molecule has 0 aliphatic rings. The van der Waals surface area contributed by atoms with E-state index in [1.807, 2.05) is 32.9 Å². The van der Waals surface area contributed by atoms with E-state index in [9.17, 15) is 0 Å². The molecule has 0 aromatic heterocycles. The highest BCUT2D eigenvalue weighted by atomic mass is 35.5. The second-order valence-electron chi connectivity index (χ2n) is 5.49. The van der Waals surface area contributed by atoms with E-state index in [4.69, 9.17) is 26.2 Å². The summed E-state index contributed by atoms with van der Waals surface area (Å²) in [6, 6.07) is 3.77. The Morgan fingerprint density at radius 2 is 1.87 bits per heavy atom. The number of rotatable bonds is 12. The first-order valence-corrected chi connectivity index (χ1v) is 8.60. The maximum atomic E-state index is 8.68. The van der Waals surface area contributed by atoms with E-state index in [1.165, 1.54) is 0 Å². The van der Waals surface area contributed by atoms with Crippen LogP contribution in [0.1, 0.15) is 32.8 Å². The molecule has 0 radical (unpaired) electrons. The second kappa shape index (κ2) is 11.5. The van der Waals surface area contributed by atoms with Gasteiger partial charge in [-0.15, -0.1) is 0 Å². The zero-order chi connectivity index (χ0) is 17.1. The average Bonchev–Trinajstić information content (AvgIpc) is 2.50. The van der Waals surface area contributed by atoms with Crippen LogP contribution in [0.3, 0.4) is 0 Å². The molecule has 0 amide bonds. The van der Waals surface area contributed by atoms with Crippen molar-refractivity contribution in [2.45, 2.75) is 39.8 Å². The first kappa shape index (κ1) is 20.0. The summed E-state index contributed by atoms with van der Waals surface area (Å²) in [4.78, 5) is 0. The van der Waals surface area contributed by atoms with Gasteiger partial charge in [0.25, 0.3) is 0 Å². The molecule has 0 aliphatic carbocycles. The Bertz CT molecular complexity index is 456. The topological polar surface area (TPSA) is 62.8 Å². The highest BCUT2D eigenvalue weighted by molar-refractivity contribution is 6.31. The van der Waals surface area contributed by atoms with Crippen molar-refractivity contribution in [2.24, 2.45) is 0 Å². The molecule has 0 saturated carbocycles. The summed E-state index contributed by atoms with van der Waals surface area (Å²) in [6.45, 7) is 9.74. The molecular weight excluding hydrogens is 316 g/mol. The van der Waals surface area contributed by atoms with Gasteiger partial charge >= 0.3 is 0 Å². The molecule has 0 spiro atoms. The molecule has 0 bridgehead atoms. The summed E-state index contributed by atoms with van der Waals surface area (Å²) in [5.74, 6) is 1.41. The summed E-state index contributed by atoms with van der Waals surface area (Å²) in [5.41, 5.74) is 0.995. The molecule has 1 rings (SSSR count). The fourth-order valence-corrected chi connectivity index (χ4v) is 2.31. The molecule has 23 heavy (non-hydrogen) atoms. The van der Waals surface area contributed by atoms with Gasteiger partial charge < -0.3 is 25.2 Å². The van der Waals surface area contributed by atoms with E-state index in [1.54, 1.807) is 0 Å². The van der Waals surface area contributed by atoms with Crippen molar-refractivity contribution in [1.29, 1.82) is 0 Å². The summed E-state index contributed by atoms with van der Waals surface area (Å²) in [6.07, 6.45) is 1.06. The van der Waals surface area contributed by atoms with Gasteiger partial charge in [-0.1, -0.05) is 11.6 Å². The van der Waals surface area contributed by atoms with Gasteiger partial charge in [-0.3, -0.25) is 0 Å². The minimum Gasteiger partial charge on any atom is -0.490 e. The zero-order valence-electron chi connectivity index (χ0n) is 14.3. The van der Waals surface area contributed by atoms with Crippen molar-refractivity contribution in [3.63, 3.8) is 0 Å². The van der Waals surface area contributed by atoms with Crippen LogP contribution in [0.25, 0.3) is 0 Å². The number of benzene rings is 1. The lowest BCUT2D eigenvalue weighted by atomic mass is 10.2. The minimum atomic E-state index is 0.0701. The summed E-state index contributed by atoms with van der Waals surface area (Å²) in [5, 5.41) is 15.9. The Morgan fingerprint density at radius 1 is 1.13 bits per heavy atom. The number of ether oxygens (including phenoxy) is 2. The van der Waals surface area contributed by atoms with Crippen LogP contribution >= 0.6 is 11.6 Å². The van der Waals surface area contributed by atoms with Gasteiger partial charge in [0.2, 0.25) is 0 Å². The first-order valence-electron chi connectivity index (χ1n) is 8.22. The number of nitrogens with one attached hydrogen (secondary N) is 2. The number of aliphatic hydroxyl groups excluding tert-OH is 1. The van der Waals surface area contributed by atoms with Gasteiger partial charge in [0.05, 0.1) is 19.3 Å². The second-order valence-corrected chi connectivity index (χ2v) is 5.90. The number of hydrogen-bond donors (Lipinski definition) is 3. The standard InChI is InChI=1S/C17H29ClN2O3/c1-4-22-16-10-14(12-20-7-5-6-19-8-9-21)15(18)11-17(16)23-13(2)3/h10-11,13,19-21H,4-9,12H2,1-3H3. The lowest BCUT2D eigenvalue weighted by Crippen LogP contribution is -2.24. The monoisotopic (exact) mass is 344 g/mol. The molecule has 132 valence electrons. The van der Waals surface area contributed by atoms with Gasteiger partial charge in [0.15, 0.2) is 11.5 Å². The van der Waals surface area contributed by atoms with Crippen molar-refractivity contribution in [3.8, 4) is 11.5 Å². The fourth-order valence-electron chi connectivity index (χ4n) is 2.09. The predicted molar refractivity (Wildman–Crippen MR) is 94.7 cm³/mol. The highest BCUT2D eigenvalue weighted by Gasteiger charge is 2.12. The number of halogens is 1. The fraction of sp³-hybridized carbons (Fsp3) is 0.647. The lowest BCUT2D eigenvalue weighted by molar-refractivity contribution is 0.223. The van der Waals surface area contributed by atoms with Gasteiger partial charge in [0.1, 0.15) is 0 Å². The van der Waals surface area contributed by atoms with Gasteiger partial charge in [-0.05, 0) is 51.9 Å². The smallest absolute Gasteiger partial charge is 0.163 e. The zero-order valence-corrected chi connectivity index (χ0v) is 15.1. The molecule has 0 unspecified atom stereocenters. The number of hydrogen-bond acceptors (Lipinski definition) is 5. The van der Waals surface area contributed by atoms with Crippen molar-refractivity contribution < 1.29 is 14.6 Å². The minimum absolute atomic E-state index is 0.0701. The Hall–Kier alpha value is -1.01. The van der Waals surface area contributed by atoms with Gasteiger partial charge in [0, 0.05) is 24.2 Å². The summed E-state index contributed by atoms with van der Waals surface area (Å²) in [7, 11) is 0. The van der Waals surface area contributed by atoms with Gasteiger partial charge in [-0.25, -0.2) is 0 Å². The Labute approximate surface area is 144 Å². The third kappa shape index (κ3) is 7.88. The van der Waals surface area contributed by atoms with E-state index in [0.717, 1.165) is 30.8 Å². The molecular formula is C17H29ClN2O3. The van der Waals surface area contributed by atoms with Crippen LogP contribution in [0.4, 0.5) is 0 Å². The van der Waals surface area contributed by atoms with E-state index in [-0.39, 0.29) is 12.7 Å². The molecule has 0 fully saturated rings. The maximum absolute atomic E-state index is 8.68. The largest absolute Gasteiger partial charge is 0.490 e. The van der Waals surface area contributed by atoms with Crippen LogP contribution < -0.4 is 20.1 Å². The third-order valence-corrected chi connectivity index (χ3v) is 3.44. The molecule has 6 heteroatoms. The number of aliphatic hydroxyl groups is 1. The molecule has 5 nitrogen and oxygen atoms in total. The van der Waals surface area contributed by atoms with Crippen molar-refractivity contribution >= 4 is 11.6 Å². The van der Waals surface area contributed by atoms with E-state index in [2.05, 4.69) is 10.6 Å². The Morgan fingerprint density at radius 3 is 2.52 bits per heavy atom. The van der Waals surface area contributed by atoms with Crippen LogP contribution in [0, 0.1) is 0 Å². The van der Waals surface area contributed by atoms with Crippen LogP contribution in [-0.2, 0) is 6.54 Å². The van der Waals surface area contributed by atoms with Crippen LogP contribution in [0.2, 0.25) is 5.02 Å². The molecule has 1 aromatic rings. The normalized spacial score (nSPS) is 11.0. The molecule has 0 atom stereocenters. The molecule has 1 aromatic carbocycles. The SMILES string of the molecule is CCOc1cc(CNCCCNCCO)c(Cl)cc1OC(C)C. The van der Waals surface area contributed by atoms with Crippen molar-refractivity contribution in [2.75, 3.05) is 32.8 Å². The van der Waals surface area contributed by atoms with Crippen molar-refractivity contribution in [1.82, 2.24) is 10.6 Å². The van der Waals surface area contributed by atoms with Crippen molar-refractivity contribution in [3.05, 3.63) is 22.7 Å². The quantitative estimate of drug-likeness (QED) is 0.509. The average molecular weight is 345 g/mol. The lowest BCUT2D eigenvalue weighted by Gasteiger charge is -2.17. The highest BCUT2D eigenvalue weighted by Crippen LogP contribution is 2.34. The maximum Gasteiger partial charge on any atom is 0.163 e. The Kier molecular flexibility index (Phi) is 10.0. The summed E-state index contributed by atoms with van der Waals surface area (Å²) < 4.78 is 11.4. The molecule has 0 saturated heterocycles. The predicted octanol–water partition coefficient (Wildman–Crippen LogP) is 2.59. The first-order chi connectivity index (χ1) is 11.1. The van der Waals surface area contributed by atoms with Crippen LogP contribution in [0.15, 0.2) is 12.1 Å². The van der Waals surface area contributed by atoms with E-state index >= 15 is 0 Å². The molecule has 0 aliphatic heterocycles. The molecule has 0 heterocycles.